The fourth-order valence-corrected chi connectivity index (χ4v) is 11.6. The van der Waals surface area contributed by atoms with Crippen LogP contribution in [0.15, 0.2) is 300 Å². The third-order valence-electron chi connectivity index (χ3n) is 15.6. The minimum absolute atomic E-state index is 0.00202. The van der Waals surface area contributed by atoms with E-state index in [1.165, 1.54) is 0 Å². The van der Waals surface area contributed by atoms with E-state index in [-0.39, 0.29) is 52.1 Å². The van der Waals surface area contributed by atoms with Gasteiger partial charge in [0.25, 0.3) is 0 Å². The van der Waals surface area contributed by atoms with E-state index in [2.05, 4.69) is 76.5 Å². The van der Waals surface area contributed by atoms with Crippen molar-refractivity contribution in [1.82, 2.24) is 39.0 Å². The molecule has 0 radical (unpaired) electrons. The Balaban J connectivity index is 0.000000153. The molecule has 0 saturated heterocycles. The molecule has 0 saturated carbocycles. The summed E-state index contributed by atoms with van der Waals surface area (Å²) in [6.45, 7) is 0. The van der Waals surface area contributed by atoms with Gasteiger partial charge in [-0.1, -0.05) is 194 Å². The molecule has 0 aliphatic heterocycles. The molecule has 12 aromatic carbocycles. The fourth-order valence-electron chi connectivity index (χ4n) is 11.6. The van der Waals surface area contributed by atoms with Gasteiger partial charge in [-0.15, -0.1) is 0 Å². The second-order valence-corrected chi connectivity index (χ2v) is 20.7. The van der Waals surface area contributed by atoms with Crippen LogP contribution in [0.4, 0.5) is 0 Å². The van der Waals surface area contributed by atoms with Crippen LogP contribution in [-0.2, 0) is 0 Å². The van der Waals surface area contributed by atoms with Crippen molar-refractivity contribution in [3.8, 4) is 79.7 Å². The van der Waals surface area contributed by atoms with Gasteiger partial charge in [-0.05, 0) is 84.9 Å². The molecule has 0 atom stereocenters. The van der Waals surface area contributed by atoms with Crippen molar-refractivity contribution in [3.05, 3.63) is 291 Å². The van der Waals surface area contributed by atoms with Crippen molar-refractivity contribution in [2.75, 3.05) is 0 Å². The minimum Gasteiger partial charge on any atom is -0.456 e. The average Bonchev–Trinajstić information content (AvgIpc) is 1.56. The monoisotopic (exact) mass is 1140 g/mol. The Labute approximate surface area is 524 Å². The van der Waals surface area contributed by atoms with E-state index in [0.717, 1.165) is 98.9 Å². The first-order valence-electron chi connectivity index (χ1n) is 35.5. The molecule has 6 heterocycles. The predicted molar refractivity (Wildman–Crippen MR) is 356 cm³/mol. The largest absolute Gasteiger partial charge is 0.456 e. The van der Waals surface area contributed by atoms with Crippen LogP contribution in [0.2, 0.25) is 0 Å². The highest BCUT2D eigenvalue weighted by atomic mass is 16.3. The molecule has 0 spiro atoms. The average molecular weight is 1140 g/mol. The van der Waals surface area contributed by atoms with Crippen molar-refractivity contribution >= 4 is 87.5 Å². The van der Waals surface area contributed by atoms with E-state index < -0.39 is 78.6 Å². The van der Waals surface area contributed by atoms with Crippen LogP contribution in [0.5, 0.6) is 0 Å². The molecule has 10 nitrogen and oxygen atoms in total. The van der Waals surface area contributed by atoms with E-state index in [9.17, 15) is 0 Å². The molecule has 6 aromatic heterocycles. The van der Waals surface area contributed by atoms with E-state index in [4.69, 9.17) is 34.4 Å². The summed E-state index contributed by atoms with van der Waals surface area (Å²) in [5, 5.41) is 8.52. The maximum atomic E-state index is 8.58. The van der Waals surface area contributed by atoms with Gasteiger partial charge in [-0.3, -0.25) is 0 Å². The molecule has 0 N–H and O–H groups in total. The maximum absolute atomic E-state index is 8.58. The van der Waals surface area contributed by atoms with Crippen LogP contribution in [0.3, 0.4) is 0 Å². The van der Waals surface area contributed by atoms with Gasteiger partial charge in [-0.25, -0.2) is 29.9 Å². The molecule has 0 aliphatic rings. The van der Waals surface area contributed by atoms with Crippen LogP contribution in [0.1, 0.15) is 20.6 Å². The van der Waals surface area contributed by atoms with Gasteiger partial charge < -0.3 is 18.0 Å². The van der Waals surface area contributed by atoms with Crippen LogP contribution < -0.4 is 0 Å². The summed E-state index contributed by atoms with van der Waals surface area (Å²) in [6.07, 6.45) is 0. The zero-order valence-corrected chi connectivity index (χ0v) is 45.9. The Morgan fingerprint density at radius 3 is 0.943 bits per heavy atom. The summed E-state index contributed by atoms with van der Waals surface area (Å²) in [5.74, 6) is -0.00371. The number of rotatable bonds is 8. The van der Waals surface area contributed by atoms with Gasteiger partial charge in [0.05, 0.1) is 42.6 Å². The van der Waals surface area contributed by atoms with Crippen molar-refractivity contribution in [3.63, 3.8) is 0 Å². The Bertz CT molecular complexity index is 6470. The lowest BCUT2D eigenvalue weighted by Gasteiger charge is -2.10. The number of aromatic nitrogens is 8. The van der Waals surface area contributed by atoms with Crippen LogP contribution in [0.25, 0.3) is 167 Å². The zero-order chi connectivity index (χ0) is 71.1. The van der Waals surface area contributed by atoms with E-state index >= 15 is 0 Å². The maximum Gasteiger partial charge on any atom is 0.164 e. The highest BCUT2D eigenvalue weighted by Gasteiger charge is 2.20. The third-order valence-corrected chi connectivity index (χ3v) is 15.6. The molecule has 0 fully saturated rings. The SMILES string of the molecule is [2H]c1c([2H])c([2H])c(-c2nc(-c3ccc(-n4c5ccccc5c5cc6c(cc54)oc4ccccc46)cc3)nc(-c3c([2H])c([2H])c([2H])c([2H])c3[2H])n2)c([2H])c1[2H].[2H]c1c([2H])c([2H])c(-c2nc(-c3ccccc3)nc(-c3ccc(-n4c5ccccc5c5cc6c(cc54)oc4ccccc46)cc3)n2)c([2H])c1[2H]. The Kier molecular flexibility index (Phi) is 8.83. The lowest BCUT2D eigenvalue weighted by Crippen LogP contribution is -2.00. The predicted octanol–water partition coefficient (Wildman–Crippen LogP) is 19.7. The van der Waals surface area contributed by atoms with E-state index in [1.54, 1.807) is 12.1 Å². The Hall–Kier alpha value is -12.1. The van der Waals surface area contributed by atoms with Crippen LogP contribution in [0, 0.1) is 0 Å². The molecule has 88 heavy (non-hydrogen) atoms. The topological polar surface area (TPSA) is 113 Å². The van der Waals surface area contributed by atoms with Crippen LogP contribution >= 0.6 is 0 Å². The van der Waals surface area contributed by atoms with Gasteiger partial charge in [0.15, 0.2) is 34.9 Å². The van der Waals surface area contributed by atoms with Crippen molar-refractivity contribution < 1.29 is 29.4 Å². The molecule has 0 unspecified atom stereocenters. The standard InChI is InChI=1S/2C39H24N4O/c2*1-3-11-25(12-4-1)37-40-38(26-13-5-2-6-14-26)42-39(41-37)27-19-21-28(22-20-27)43-33-17-9-7-15-29(33)31-23-32-30-16-8-10-18-35(30)44-36(32)24-34(31)43/h2*1-24H/i1D,2D,3D,4D,5D,6D,11D,12D,13D,14D;1D,3D,4D,11D,12D. The highest BCUT2D eigenvalue weighted by molar-refractivity contribution is 6.19. The van der Waals surface area contributed by atoms with E-state index in [1.807, 2.05) is 146 Å². The lowest BCUT2D eigenvalue weighted by molar-refractivity contribution is 0.669. The van der Waals surface area contributed by atoms with Crippen molar-refractivity contribution in [2.45, 2.75) is 0 Å². The summed E-state index contributed by atoms with van der Waals surface area (Å²) in [4.78, 5) is 27.5. The molecular formula is C78H48N8O2. The number of para-hydroxylation sites is 4. The number of furan rings is 2. The molecule has 10 heteroatoms. The number of fused-ring (bicyclic) bond motifs is 12. The lowest BCUT2D eigenvalue weighted by atomic mass is 10.1. The first kappa shape index (κ1) is 37.2. The van der Waals surface area contributed by atoms with Gasteiger partial charge in [0, 0.05) is 100.0 Å². The first-order valence-corrected chi connectivity index (χ1v) is 28.0. The second-order valence-electron chi connectivity index (χ2n) is 20.7. The molecule has 0 amide bonds. The smallest absolute Gasteiger partial charge is 0.164 e. The van der Waals surface area contributed by atoms with Gasteiger partial charge in [-0.2, -0.15) is 0 Å². The Morgan fingerprint density at radius 2 is 0.557 bits per heavy atom. The molecule has 18 rings (SSSR count). The minimum atomic E-state index is -0.604. The highest BCUT2D eigenvalue weighted by Crippen LogP contribution is 2.41. The van der Waals surface area contributed by atoms with Gasteiger partial charge >= 0.3 is 0 Å². The Morgan fingerprint density at radius 1 is 0.239 bits per heavy atom. The van der Waals surface area contributed by atoms with Crippen molar-refractivity contribution in [1.29, 1.82) is 0 Å². The number of benzene rings is 12. The first-order chi connectivity index (χ1) is 49.8. The number of nitrogens with zero attached hydrogens (tertiary/aromatic N) is 8. The molecule has 412 valence electrons. The normalized spacial score (nSPS) is 14.0. The summed E-state index contributed by atoms with van der Waals surface area (Å²) < 4.78 is 142. The summed E-state index contributed by atoms with van der Waals surface area (Å²) in [7, 11) is 0. The second kappa shape index (κ2) is 20.9. The quantitative estimate of drug-likeness (QED) is 0.148. The summed E-state index contributed by atoms with van der Waals surface area (Å²) >= 11 is 0. The van der Waals surface area contributed by atoms with E-state index in [0.29, 0.717) is 28.3 Å². The van der Waals surface area contributed by atoms with Gasteiger partial charge in [0.2, 0.25) is 0 Å². The fraction of sp³-hybridized carbons (Fsp3) is 0. The third kappa shape index (κ3) is 8.74. The van der Waals surface area contributed by atoms with Crippen LogP contribution in [-0.4, -0.2) is 39.0 Å². The molecule has 0 aliphatic carbocycles. The molecular weight excluding hydrogens is 1080 g/mol. The molecule has 18 aromatic rings. The number of hydrogen-bond donors (Lipinski definition) is 0. The van der Waals surface area contributed by atoms with Crippen molar-refractivity contribution in [2.24, 2.45) is 0 Å². The molecule has 0 bridgehead atoms. The summed E-state index contributed by atoms with van der Waals surface area (Å²) in [5.41, 5.74) is 9.96. The van der Waals surface area contributed by atoms with Gasteiger partial charge in [0.1, 0.15) is 22.3 Å². The number of hydrogen-bond acceptors (Lipinski definition) is 8. The summed E-state index contributed by atoms with van der Waals surface area (Å²) in [6, 6.07) is 57.3. The zero-order valence-electron chi connectivity index (χ0n) is 60.9.